The van der Waals surface area contributed by atoms with Gasteiger partial charge in [-0.15, -0.1) is 0 Å². The number of hydrogen-bond acceptors (Lipinski definition) is 3. The van der Waals surface area contributed by atoms with E-state index in [4.69, 9.17) is 0 Å². The first-order chi connectivity index (χ1) is 13.9. The molecule has 0 saturated heterocycles. The van der Waals surface area contributed by atoms with Crippen LogP contribution in [0.5, 0.6) is 0 Å². The highest BCUT2D eigenvalue weighted by molar-refractivity contribution is 7.90. The molecule has 0 aliphatic heterocycles. The lowest BCUT2D eigenvalue weighted by Gasteiger charge is -2.11. The van der Waals surface area contributed by atoms with E-state index in [1.807, 2.05) is 25.1 Å². The average Bonchev–Trinajstić information content (AvgIpc) is 3.17. The number of aryl methyl sites for hydroxylation is 4. The van der Waals surface area contributed by atoms with Gasteiger partial charge in [0.15, 0.2) is 0 Å². The minimum absolute atomic E-state index is 0.164. The molecular weight excluding hydrogens is 384 g/mol. The van der Waals surface area contributed by atoms with E-state index in [1.165, 1.54) is 16.3 Å². The van der Waals surface area contributed by atoms with E-state index in [0.29, 0.717) is 11.8 Å². The molecule has 4 aromatic rings. The van der Waals surface area contributed by atoms with Crippen LogP contribution >= 0.6 is 0 Å². The quantitative estimate of drug-likeness (QED) is 0.508. The Balaban J connectivity index is 1.82. The molecule has 0 amide bonds. The van der Waals surface area contributed by atoms with Crippen molar-refractivity contribution in [2.45, 2.75) is 24.7 Å². The van der Waals surface area contributed by atoms with Crippen LogP contribution in [0.3, 0.4) is 0 Å². The molecule has 0 saturated carbocycles. The molecule has 148 valence electrons. The second-order valence-electron chi connectivity index (χ2n) is 7.25. The molecule has 4 rings (SSSR count). The molecule has 2 aromatic carbocycles. The average molecular weight is 407 g/mol. The van der Waals surface area contributed by atoms with Crippen molar-refractivity contribution < 1.29 is 8.42 Å². The fourth-order valence-corrected chi connectivity index (χ4v) is 4.90. The van der Waals surface area contributed by atoms with Crippen molar-refractivity contribution in [3.05, 3.63) is 100 Å². The van der Waals surface area contributed by atoms with Crippen LogP contribution in [0.25, 0.3) is 10.9 Å². The molecule has 5 nitrogen and oxygen atoms in total. The first kappa shape index (κ1) is 19.2. The molecule has 0 atom stereocenters. The largest absolute Gasteiger partial charge is 0.316 e. The Kier molecular flexibility index (Phi) is 4.88. The van der Waals surface area contributed by atoms with E-state index < -0.39 is 10.0 Å². The number of pyridine rings is 1. The van der Waals surface area contributed by atoms with E-state index in [-0.39, 0.29) is 16.0 Å². The zero-order chi connectivity index (χ0) is 20.6. The van der Waals surface area contributed by atoms with Crippen molar-refractivity contribution in [3.63, 3.8) is 0 Å². The fraction of sp³-hybridized carbons (Fsp3) is 0.174. The first-order valence-corrected chi connectivity index (χ1v) is 10.9. The molecule has 0 radical (unpaired) electrons. The Morgan fingerprint density at radius 2 is 1.59 bits per heavy atom. The van der Waals surface area contributed by atoms with Crippen LogP contribution in [0.15, 0.2) is 82.7 Å². The summed E-state index contributed by atoms with van der Waals surface area (Å²) in [4.78, 5) is 13.0. The summed E-state index contributed by atoms with van der Waals surface area (Å²) in [5.41, 5.74) is 2.98. The number of benzene rings is 2. The monoisotopic (exact) mass is 406 g/mol. The summed E-state index contributed by atoms with van der Waals surface area (Å²) in [5.74, 6) is 0. The fourth-order valence-electron chi connectivity index (χ4n) is 3.56. The van der Waals surface area contributed by atoms with Gasteiger partial charge in [-0.25, -0.2) is 12.4 Å². The maximum absolute atomic E-state index is 13.2. The van der Waals surface area contributed by atoms with Crippen LogP contribution in [0.2, 0.25) is 0 Å². The van der Waals surface area contributed by atoms with Crippen molar-refractivity contribution in [2.75, 3.05) is 0 Å². The maximum atomic E-state index is 13.2. The van der Waals surface area contributed by atoms with Crippen LogP contribution in [0.4, 0.5) is 0 Å². The molecule has 6 heteroatoms. The molecule has 2 heterocycles. The maximum Gasteiger partial charge on any atom is 0.275 e. The van der Waals surface area contributed by atoms with Gasteiger partial charge in [-0.3, -0.25) is 4.79 Å². The Hall–Kier alpha value is -3.12. The summed E-state index contributed by atoms with van der Waals surface area (Å²) >= 11 is 0. The summed E-state index contributed by atoms with van der Waals surface area (Å²) in [5, 5.41) is 0.680. The van der Waals surface area contributed by atoms with Gasteiger partial charge in [0.2, 0.25) is 0 Å². The Bertz CT molecular complexity index is 1330. The minimum Gasteiger partial charge on any atom is -0.316 e. The Morgan fingerprint density at radius 3 is 2.28 bits per heavy atom. The van der Waals surface area contributed by atoms with Gasteiger partial charge in [0.1, 0.15) is 5.52 Å². The van der Waals surface area contributed by atoms with Gasteiger partial charge >= 0.3 is 0 Å². The Labute approximate surface area is 169 Å². The van der Waals surface area contributed by atoms with Gasteiger partial charge in [0, 0.05) is 24.8 Å². The number of nitrogens with zero attached hydrogens (tertiary/aromatic N) is 2. The van der Waals surface area contributed by atoms with Gasteiger partial charge in [0.25, 0.3) is 15.6 Å². The zero-order valence-corrected chi connectivity index (χ0v) is 17.2. The van der Waals surface area contributed by atoms with Crippen LogP contribution < -0.4 is 5.56 Å². The molecule has 0 N–H and O–H groups in total. The van der Waals surface area contributed by atoms with Crippen molar-refractivity contribution in [1.82, 2.24) is 8.54 Å². The molecule has 0 bridgehead atoms. The Morgan fingerprint density at radius 1 is 0.897 bits per heavy atom. The summed E-state index contributed by atoms with van der Waals surface area (Å²) in [7, 11) is -2.20. The van der Waals surface area contributed by atoms with Crippen LogP contribution in [0.1, 0.15) is 16.7 Å². The highest BCUT2D eigenvalue weighted by Crippen LogP contribution is 2.23. The molecule has 0 aliphatic carbocycles. The molecule has 0 aliphatic rings. The van der Waals surface area contributed by atoms with Crippen LogP contribution in [0, 0.1) is 6.92 Å². The molecule has 0 spiro atoms. The van der Waals surface area contributed by atoms with Crippen molar-refractivity contribution in [2.24, 2.45) is 7.05 Å². The summed E-state index contributed by atoms with van der Waals surface area (Å²) in [6.45, 7) is 1.90. The predicted octanol–water partition coefficient (Wildman–Crippen LogP) is 3.67. The van der Waals surface area contributed by atoms with Crippen LogP contribution in [-0.2, 0) is 29.9 Å². The van der Waals surface area contributed by atoms with Gasteiger partial charge in [-0.2, -0.15) is 0 Å². The zero-order valence-electron chi connectivity index (χ0n) is 16.4. The molecule has 2 aromatic heterocycles. The molecule has 29 heavy (non-hydrogen) atoms. The molecular formula is C23H22N2O3S. The standard InChI is InChI=1S/C23H22N2O3S/c1-17-8-12-20(13-9-17)29(27,28)25-15-14-21-19(16-24(2)23(26)22(21)25)11-10-18-6-4-3-5-7-18/h3-9,12-16H,10-11H2,1-2H3. The third-order valence-corrected chi connectivity index (χ3v) is 6.86. The molecule has 0 unspecified atom stereocenters. The second-order valence-corrected chi connectivity index (χ2v) is 9.06. The topological polar surface area (TPSA) is 61.1 Å². The third-order valence-electron chi connectivity index (χ3n) is 5.17. The van der Waals surface area contributed by atoms with E-state index in [2.05, 4.69) is 12.1 Å². The SMILES string of the molecule is Cc1ccc(S(=O)(=O)n2ccc3c(CCc4ccccc4)cn(C)c(=O)c32)cc1. The van der Waals surface area contributed by atoms with Crippen LogP contribution in [-0.4, -0.2) is 17.0 Å². The van der Waals surface area contributed by atoms with E-state index in [0.717, 1.165) is 21.5 Å². The summed E-state index contributed by atoms with van der Waals surface area (Å²) in [6.07, 6.45) is 4.80. The van der Waals surface area contributed by atoms with E-state index >= 15 is 0 Å². The van der Waals surface area contributed by atoms with Gasteiger partial charge in [-0.1, -0.05) is 48.0 Å². The predicted molar refractivity (Wildman–Crippen MR) is 115 cm³/mol. The smallest absolute Gasteiger partial charge is 0.275 e. The van der Waals surface area contributed by atoms with Gasteiger partial charge < -0.3 is 4.57 Å². The number of rotatable bonds is 5. The first-order valence-electron chi connectivity index (χ1n) is 9.43. The van der Waals surface area contributed by atoms with E-state index in [1.54, 1.807) is 43.6 Å². The van der Waals surface area contributed by atoms with Gasteiger partial charge in [-0.05, 0) is 49.1 Å². The highest BCUT2D eigenvalue weighted by atomic mass is 32.2. The lowest BCUT2D eigenvalue weighted by Crippen LogP contribution is -2.23. The third kappa shape index (κ3) is 3.51. The molecule has 0 fully saturated rings. The van der Waals surface area contributed by atoms with Crippen molar-refractivity contribution in [1.29, 1.82) is 0 Å². The normalized spacial score (nSPS) is 11.8. The van der Waals surface area contributed by atoms with Crippen molar-refractivity contribution in [3.8, 4) is 0 Å². The van der Waals surface area contributed by atoms with E-state index in [9.17, 15) is 13.2 Å². The second kappa shape index (κ2) is 7.37. The lowest BCUT2D eigenvalue weighted by molar-refractivity contribution is 0.589. The summed E-state index contributed by atoms with van der Waals surface area (Å²) < 4.78 is 29.0. The van der Waals surface area contributed by atoms with Crippen molar-refractivity contribution >= 4 is 20.9 Å². The number of hydrogen-bond donors (Lipinski definition) is 0. The lowest BCUT2D eigenvalue weighted by atomic mass is 10.0. The summed E-state index contributed by atoms with van der Waals surface area (Å²) in [6, 6.07) is 18.5. The minimum atomic E-state index is -3.86. The number of fused-ring (bicyclic) bond motifs is 1. The van der Waals surface area contributed by atoms with Gasteiger partial charge in [0.05, 0.1) is 4.90 Å². The highest BCUT2D eigenvalue weighted by Gasteiger charge is 2.22. The number of aromatic nitrogens is 2.